The van der Waals surface area contributed by atoms with E-state index in [2.05, 4.69) is 54.6 Å². The molecule has 5 rings (SSSR count). The molecule has 21 nitrogen and oxygen atoms in total. The van der Waals surface area contributed by atoms with Crippen LogP contribution in [0.2, 0.25) is 5.28 Å². The predicted octanol–water partition coefficient (Wildman–Crippen LogP) is 6.44. The van der Waals surface area contributed by atoms with Crippen molar-refractivity contribution < 1.29 is 82.1 Å². The van der Waals surface area contributed by atoms with E-state index >= 15 is 0 Å². The minimum absolute atomic E-state index is 0. The molecule has 1 heterocycles. The van der Waals surface area contributed by atoms with Gasteiger partial charge >= 0.3 is 0 Å². The SMILES string of the molecule is O=S(=O)(O)c1cc(N=Nc2c(SOOO)cc3ccccc3c2O)c(O)c(Nc2nc(Cl)nc(Nc3cccc(S(=O)(=O)CCOSOOO)c3)n2)c1.[Cu]. The summed E-state index contributed by atoms with van der Waals surface area (Å²) in [7, 11) is -8.79. The number of hydrogen-bond acceptors (Lipinski definition) is 22. The van der Waals surface area contributed by atoms with Crippen LogP contribution in [-0.4, -0.2) is 69.4 Å². The molecule has 0 atom stereocenters. The van der Waals surface area contributed by atoms with E-state index in [0.29, 0.717) is 22.8 Å². The zero-order chi connectivity index (χ0) is 38.2. The van der Waals surface area contributed by atoms with Gasteiger partial charge < -0.3 is 20.8 Å². The Morgan fingerprint density at radius 3 is 2.26 bits per heavy atom. The number of phenols is 2. The summed E-state index contributed by atoms with van der Waals surface area (Å²) >= 11 is 6.77. The predicted molar refractivity (Wildman–Crippen MR) is 187 cm³/mol. The van der Waals surface area contributed by atoms with Crippen LogP contribution in [0.1, 0.15) is 0 Å². The fourth-order valence-corrected chi connectivity index (χ4v) is 6.96. The Labute approximate surface area is 328 Å². The zero-order valence-corrected chi connectivity index (χ0v) is 31.2. The van der Waals surface area contributed by atoms with Crippen LogP contribution in [-0.2, 0) is 60.0 Å². The van der Waals surface area contributed by atoms with Crippen molar-refractivity contribution in [3.63, 3.8) is 0 Å². The second-order valence-corrected chi connectivity index (χ2v) is 15.0. The summed E-state index contributed by atoms with van der Waals surface area (Å²) in [6.45, 7) is -0.318. The van der Waals surface area contributed by atoms with E-state index in [4.69, 9.17) is 26.3 Å². The molecule has 27 heteroatoms. The molecule has 0 spiro atoms. The van der Waals surface area contributed by atoms with Gasteiger partial charge in [-0.2, -0.15) is 23.4 Å². The molecule has 0 saturated carbocycles. The van der Waals surface area contributed by atoms with Gasteiger partial charge in [0.1, 0.15) is 11.4 Å². The van der Waals surface area contributed by atoms with E-state index in [-0.39, 0.29) is 69.1 Å². The van der Waals surface area contributed by atoms with Crippen LogP contribution in [0.3, 0.4) is 0 Å². The van der Waals surface area contributed by atoms with Crippen LogP contribution >= 0.6 is 36.0 Å². The number of halogens is 1. The number of nitrogens with one attached hydrogen (secondary N) is 2. The maximum absolute atomic E-state index is 12.8. The first-order valence-electron chi connectivity index (χ1n) is 14.0. The Morgan fingerprint density at radius 2 is 1.54 bits per heavy atom. The molecule has 0 unspecified atom stereocenters. The zero-order valence-electron chi connectivity index (χ0n) is 26.2. The van der Waals surface area contributed by atoms with Crippen LogP contribution in [0.25, 0.3) is 10.8 Å². The van der Waals surface area contributed by atoms with Gasteiger partial charge in [-0.1, -0.05) is 40.4 Å². The molecule has 1 radical (unpaired) electrons. The molecular weight excluding hydrogens is 874 g/mol. The first kappa shape index (κ1) is 42.8. The van der Waals surface area contributed by atoms with E-state index < -0.39 is 58.8 Å². The minimum Gasteiger partial charge on any atom is -0.505 e. The van der Waals surface area contributed by atoms with E-state index in [9.17, 15) is 31.6 Å². The third-order valence-corrected chi connectivity index (χ3v) is 10.3. The number of aromatic nitrogens is 3. The van der Waals surface area contributed by atoms with Crippen molar-refractivity contribution >= 4 is 101 Å². The minimum atomic E-state index is -4.92. The molecule has 0 amide bonds. The average Bonchev–Trinajstić information content (AvgIpc) is 3.11. The Bertz CT molecular complexity index is 2380. The average molecular weight is 896 g/mol. The van der Waals surface area contributed by atoms with Gasteiger partial charge in [-0.05, 0) is 53.4 Å². The third kappa shape index (κ3) is 11.1. The molecule has 0 bridgehead atoms. The van der Waals surface area contributed by atoms with Gasteiger partial charge in [0.2, 0.25) is 17.2 Å². The fourth-order valence-electron chi connectivity index (χ4n) is 4.33. The normalized spacial score (nSPS) is 11.9. The summed E-state index contributed by atoms with van der Waals surface area (Å²) in [6, 6.07) is 15.2. The molecule has 1 aromatic heterocycles. The largest absolute Gasteiger partial charge is 0.505 e. The Hall–Kier alpha value is -3.96. The maximum Gasteiger partial charge on any atom is 0.294 e. The van der Waals surface area contributed by atoms with Crippen LogP contribution < -0.4 is 10.6 Å². The number of hydrogen-bond donors (Lipinski definition) is 7. The number of benzene rings is 4. The Kier molecular flexibility index (Phi) is 15.1. The summed E-state index contributed by atoms with van der Waals surface area (Å²) in [6.07, 6.45) is 0. The van der Waals surface area contributed by atoms with Gasteiger partial charge in [0.05, 0.1) is 44.8 Å². The number of phenolic OH excluding ortho intramolecular Hbond substituents is 2. The van der Waals surface area contributed by atoms with Gasteiger partial charge in [-0.15, -0.1) is 18.9 Å². The Balaban J connectivity index is 0.00000650. The molecule has 7 N–H and O–H groups in total. The van der Waals surface area contributed by atoms with Crippen molar-refractivity contribution in [2.75, 3.05) is 23.0 Å². The number of aromatic hydroxyl groups is 2. The van der Waals surface area contributed by atoms with Crippen LogP contribution in [0.15, 0.2) is 91.6 Å². The van der Waals surface area contributed by atoms with Gasteiger partial charge in [0, 0.05) is 28.1 Å². The number of nitrogens with zero attached hydrogens (tertiary/aromatic N) is 5. The third-order valence-electron chi connectivity index (χ3n) is 6.58. The standard InChI is InChI=1S/C27H22ClN7O14S4.Cu/c28-25-31-26(29-15-5-3-6-16(11-15)52(40,41)9-8-45-51-49-47-39)33-27(32-25)30-19-12-17(53(42,43)44)13-20(24(19)37)34-35-22-21(50-48-46-38)10-14-4-1-2-7-18(14)23(22)36;/h1-7,10-13,36-39H,8-9H2,(H,42,43,44)(H2,29,30,31,32,33);. The number of azo groups is 1. The molecule has 291 valence electrons. The molecule has 0 fully saturated rings. The first-order valence-corrected chi connectivity index (χ1v) is 18.9. The van der Waals surface area contributed by atoms with E-state index in [1.165, 1.54) is 30.3 Å². The van der Waals surface area contributed by atoms with Crippen molar-refractivity contribution in [2.45, 2.75) is 14.7 Å². The smallest absolute Gasteiger partial charge is 0.294 e. The summed E-state index contributed by atoms with van der Waals surface area (Å²) in [5.41, 5.74) is -0.985. The molecule has 0 aliphatic carbocycles. The van der Waals surface area contributed by atoms with E-state index in [1.54, 1.807) is 24.3 Å². The second kappa shape index (κ2) is 19.1. The summed E-state index contributed by atoms with van der Waals surface area (Å²) in [4.78, 5) is 11.2. The van der Waals surface area contributed by atoms with E-state index in [0.717, 1.165) is 12.1 Å². The summed E-state index contributed by atoms with van der Waals surface area (Å²) in [5.74, 6) is -2.17. The van der Waals surface area contributed by atoms with Gasteiger partial charge in [-0.25, -0.2) is 18.9 Å². The van der Waals surface area contributed by atoms with Crippen molar-refractivity contribution in [3.8, 4) is 11.5 Å². The number of sulfone groups is 1. The summed E-state index contributed by atoms with van der Waals surface area (Å²) < 4.78 is 73.1. The van der Waals surface area contributed by atoms with Gasteiger partial charge in [-0.3, -0.25) is 8.74 Å². The van der Waals surface area contributed by atoms with Crippen molar-refractivity contribution in [3.05, 3.63) is 72.0 Å². The molecule has 0 saturated heterocycles. The summed E-state index contributed by atoms with van der Waals surface area (Å²) in [5, 5.41) is 59.5. The quantitative estimate of drug-likeness (QED) is 0.00772. The second-order valence-electron chi connectivity index (χ2n) is 9.91. The fraction of sp³-hybridized carbons (Fsp3) is 0.0741. The van der Waals surface area contributed by atoms with Crippen LogP contribution in [0.4, 0.5) is 34.6 Å². The van der Waals surface area contributed by atoms with E-state index in [1.807, 2.05) is 0 Å². The van der Waals surface area contributed by atoms with Gasteiger partial charge in [0.15, 0.2) is 33.7 Å². The number of anilines is 4. The topological polar surface area (TPSA) is 303 Å². The van der Waals surface area contributed by atoms with Crippen LogP contribution in [0.5, 0.6) is 11.5 Å². The number of fused-ring (bicyclic) bond motifs is 1. The molecule has 4 aromatic carbocycles. The van der Waals surface area contributed by atoms with Crippen molar-refractivity contribution in [1.29, 1.82) is 0 Å². The van der Waals surface area contributed by atoms with Gasteiger partial charge in [0.25, 0.3) is 10.1 Å². The maximum atomic E-state index is 12.8. The molecule has 0 aliphatic rings. The molecule has 54 heavy (non-hydrogen) atoms. The molecule has 5 aromatic rings. The Morgan fingerprint density at radius 1 is 0.815 bits per heavy atom. The van der Waals surface area contributed by atoms with Crippen molar-refractivity contribution in [2.24, 2.45) is 10.2 Å². The number of rotatable bonds is 17. The van der Waals surface area contributed by atoms with Crippen molar-refractivity contribution in [1.82, 2.24) is 15.0 Å². The van der Waals surface area contributed by atoms with Crippen LogP contribution in [0, 0.1) is 0 Å². The monoisotopic (exact) mass is 894 g/mol. The molecular formula is C27H22ClCuN7O14S4. The molecule has 0 aliphatic heterocycles. The first-order chi connectivity index (χ1) is 25.3.